The first-order valence-electron chi connectivity index (χ1n) is 7.15. The Labute approximate surface area is 124 Å². The van der Waals surface area contributed by atoms with Gasteiger partial charge in [0.05, 0.1) is 18.8 Å². The van der Waals surface area contributed by atoms with Crippen molar-refractivity contribution in [1.29, 1.82) is 0 Å². The smallest absolute Gasteiger partial charge is 0.234 e. The van der Waals surface area contributed by atoms with Crippen molar-refractivity contribution in [1.82, 2.24) is 15.2 Å². The van der Waals surface area contributed by atoms with E-state index in [0.29, 0.717) is 35.8 Å². The molecule has 21 heavy (non-hydrogen) atoms. The predicted octanol–water partition coefficient (Wildman–Crippen LogP) is 1.76. The van der Waals surface area contributed by atoms with Crippen LogP contribution in [0.2, 0.25) is 0 Å². The maximum absolute atomic E-state index is 11.8. The van der Waals surface area contributed by atoms with Crippen molar-refractivity contribution in [3.63, 3.8) is 0 Å². The zero-order chi connectivity index (χ0) is 15.4. The van der Waals surface area contributed by atoms with Crippen LogP contribution in [0.15, 0.2) is 22.6 Å². The number of para-hydroxylation sites is 1. The number of oxazole rings is 1. The Kier molecular flexibility index (Phi) is 4.80. The molecule has 0 radical (unpaired) electrons. The molecule has 1 heterocycles. The van der Waals surface area contributed by atoms with Gasteiger partial charge in [-0.15, -0.1) is 0 Å². The van der Waals surface area contributed by atoms with Crippen LogP contribution < -0.4 is 11.1 Å². The van der Waals surface area contributed by atoms with E-state index in [0.717, 1.165) is 6.54 Å². The fourth-order valence-electron chi connectivity index (χ4n) is 2.12. The molecule has 0 aliphatic carbocycles. The van der Waals surface area contributed by atoms with E-state index in [1.54, 1.807) is 6.07 Å². The molecule has 114 valence electrons. The maximum Gasteiger partial charge on any atom is 0.234 e. The van der Waals surface area contributed by atoms with Gasteiger partial charge in [-0.25, -0.2) is 4.98 Å². The topological polar surface area (TPSA) is 84.4 Å². The minimum Gasteiger partial charge on any atom is -0.439 e. The quantitative estimate of drug-likeness (QED) is 0.792. The molecular weight excluding hydrogens is 268 g/mol. The minimum atomic E-state index is 0.00229. The third kappa shape index (κ3) is 3.95. The lowest BCUT2D eigenvalue weighted by atomic mass is 10.3. The van der Waals surface area contributed by atoms with Crippen molar-refractivity contribution in [2.24, 2.45) is 0 Å². The summed E-state index contributed by atoms with van der Waals surface area (Å²) in [7, 11) is 0. The lowest BCUT2D eigenvalue weighted by Gasteiger charge is -2.18. The second-order valence-corrected chi connectivity index (χ2v) is 5.33. The molecule has 0 atom stereocenters. The molecule has 0 saturated heterocycles. The van der Waals surface area contributed by atoms with Gasteiger partial charge in [-0.2, -0.15) is 0 Å². The summed E-state index contributed by atoms with van der Waals surface area (Å²) in [5.74, 6) is 0.574. The summed E-state index contributed by atoms with van der Waals surface area (Å²) >= 11 is 0. The molecule has 0 fully saturated rings. The molecule has 0 unspecified atom stereocenters. The highest BCUT2D eigenvalue weighted by molar-refractivity contribution is 5.85. The summed E-state index contributed by atoms with van der Waals surface area (Å²) in [6.45, 7) is 7.42. The highest BCUT2D eigenvalue weighted by Gasteiger charge is 2.14. The van der Waals surface area contributed by atoms with Crippen molar-refractivity contribution in [2.45, 2.75) is 33.4 Å². The van der Waals surface area contributed by atoms with Gasteiger partial charge in [0, 0.05) is 6.04 Å². The number of rotatable bonds is 6. The second-order valence-electron chi connectivity index (χ2n) is 5.33. The first-order valence-corrected chi connectivity index (χ1v) is 7.15. The molecule has 6 heteroatoms. The van der Waals surface area contributed by atoms with Crippen molar-refractivity contribution in [2.75, 3.05) is 18.8 Å². The molecule has 1 aromatic carbocycles. The van der Waals surface area contributed by atoms with Gasteiger partial charge in [-0.1, -0.05) is 13.0 Å². The molecule has 6 nitrogen and oxygen atoms in total. The number of nitrogens with one attached hydrogen (secondary N) is 1. The number of hydrogen-bond acceptors (Lipinski definition) is 5. The van der Waals surface area contributed by atoms with Gasteiger partial charge in [0.1, 0.15) is 5.52 Å². The number of amides is 1. The summed E-state index contributed by atoms with van der Waals surface area (Å²) in [5, 5.41) is 2.88. The Hall–Kier alpha value is -2.08. The van der Waals surface area contributed by atoms with Crippen LogP contribution in [0.3, 0.4) is 0 Å². The summed E-state index contributed by atoms with van der Waals surface area (Å²) in [6, 6.07) is 5.60. The molecule has 3 N–H and O–H groups in total. The highest BCUT2D eigenvalue weighted by Crippen LogP contribution is 2.21. The zero-order valence-electron chi connectivity index (χ0n) is 12.7. The number of benzene rings is 1. The third-order valence-electron chi connectivity index (χ3n) is 3.12. The van der Waals surface area contributed by atoms with Crippen LogP contribution in [0.4, 0.5) is 5.69 Å². The van der Waals surface area contributed by atoms with Gasteiger partial charge in [0.15, 0.2) is 5.58 Å². The Morgan fingerprint density at radius 3 is 2.86 bits per heavy atom. The fourth-order valence-corrected chi connectivity index (χ4v) is 2.12. The number of anilines is 1. The molecule has 2 rings (SSSR count). The number of aromatic nitrogens is 1. The van der Waals surface area contributed by atoms with E-state index in [1.807, 2.05) is 37.8 Å². The number of nitrogen functional groups attached to an aromatic ring is 1. The molecule has 0 spiro atoms. The standard InChI is InChI=1S/C15H22N4O2/c1-4-19(8-13(20)17-10(2)3)9-14-18-15-11(16)6-5-7-12(15)21-14/h5-7,10H,4,8-9,16H2,1-3H3,(H,17,20). The van der Waals surface area contributed by atoms with Crippen LogP contribution in [0, 0.1) is 0 Å². The van der Waals surface area contributed by atoms with E-state index in [4.69, 9.17) is 10.2 Å². The molecule has 0 bridgehead atoms. The molecule has 0 aliphatic rings. The van der Waals surface area contributed by atoms with Gasteiger partial charge in [-0.3, -0.25) is 9.69 Å². The van der Waals surface area contributed by atoms with Gasteiger partial charge in [-0.05, 0) is 32.5 Å². The predicted molar refractivity (Wildman–Crippen MR) is 82.7 cm³/mol. The number of hydrogen-bond donors (Lipinski definition) is 2. The molecule has 1 aromatic heterocycles. The highest BCUT2D eigenvalue weighted by atomic mass is 16.3. The lowest BCUT2D eigenvalue weighted by molar-refractivity contribution is -0.122. The monoisotopic (exact) mass is 290 g/mol. The van der Waals surface area contributed by atoms with Crippen LogP contribution in [-0.2, 0) is 11.3 Å². The summed E-state index contributed by atoms with van der Waals surface area (Å²) < 4.78 is 5.68. The van der Waals surface area contributed by atoms with Gasteiger partial charge in [0.2, 0.25) is 11.8 Å². The summed E-state index contributed by atoms with van der Waals surface area (Å²) in [6.07, 6.45) is 0. The van der Waals surface area contributed by atoms with E-state index < -0.39 is 0 Å². The van der Waals surface area contributed by atoms with Crippen molar-refractivity contribution < 1.29 is 9.21 Å². The third-order valence-corrected chi connectivity index (χ3v) is 3.12. The first kappa shape index (κ1) is 15.3. The maximum atomic E-state index is 11.8. The van der Waals surface area contributed by atoms with Crippen LogP contribution in [0.5, 0.6) is 0 Å². The largest absolute Gasteiger partial charge is 0.439 e. The summed E-state index contributed by atoms with van der Waals surface area (Å²) in [4.78, 5) is 18.2. The lowest BCUT2D eigenvalue weighted by Crippen LogP contribution is -2.39. The fraction of sp³-hybridized carbons (Fsp3) is 0.467. The van der Waals surface area contributed by atoms with Crippen molar-refractivity contribution >= 4 is 22.7 Å². The number of carbonyl (C=O) groups excluding carboxylic acids is 1. The average molecular weight is 290 g/mol. The van der Waals surface area contributed by atoms with E-state index in [-0.39, 0.29) is 11.9 Å². The van der Waals surface area contributed by atoms with Crippen molar-refractivity contribution in [3.8, 4) is 0 Å². The number of nitrogens with two attached hydrogens (primary N) is 1. The number of carbonyl (C=O) groups is 1. The SMILES string of the molecule is CCN(CC(=O)NC(C)C)Cc1nc2c(N)cccc2o1. The molecular formula is C15H22N4O2. The van der Waals surface area contributed by atoms with Crippen LogP contribution in [0.1, 0.15) is 26.7 Å². The number of fused-ring (bicyclic) bond motifs is 1. The molecule has 0 saturated carbocycles. The van der Waals surface area contributed by atoms with Gasteiger partial charge >= 0.3 is 0 Å². The zero-order valence-corrected chi connectivity index (χ0v) is 12.7. The number of likely N-dealkylation sites (N-methyl/N-ethyl adjacent to an activating group) is 1. The van der Waals surface area contributed by atoms with E-state index >= 15 is 0 Å². The van der Waals surface area contributed by atoms with Crippen molar-refractivity contribution in [3.05, 3.63) is 24.1 Å². The number of nitrogens with zero attached hydrogens (tertiary/aromatic N) is 2. The molecule has 2 aromatic rings. The Morgan fingerprint density at radius 1 is 1.48 bits per heavy atom. The second kappa shape index (κ2) is 6.58. The van der Waals surface area contributed by atoms with E-state index in [2.05, 4.69) is 10.3 Å². The first-order chi connectivity index (χ1) is 9.99. The average Bonchev–Trinajstić information content (AvgIpc) is 2.81. The van der Waals surface area contributed by atoms with Crippen LogP contribution >= 0.6 is 0 Å². The van der Waals surface area contributed by atoms with Crippen LogP contribution in [-0.4, -0.2) is 34.9 Å². The van der Waals surface area contributed by atoms with Gasteiger partial charge in [0.25, 0.3) is 0 Å². The van der Waals surface area contributed by atoms with Gasteiger partial charge < -0.3 is 15.5 Å². The van der Waals surface area contributed by atoms with Crippen LogP contribution in [0.25, 0.3) is 11.1 Å². The molecule has 0 aliphatic heterocycles. The Bertz CT molecular complexity index is 621. The Morgan fingerprint density at radius 2 is 2.24 bits per heavy atom. The van der Waals surface area contributed by atoms with E-state index in [1.165, 1.54) is 0 Å². The van der Waals surface area contributed by atoms with E-state index in [9.17, 15) is 4.79 Å². The minimum absolute atomic E-state index is 0.00229. The summed E-state index contributed by atoms with van der Waals surface area (Å²) in [5.41, 5.74) is 7.82. The molecule has 1 amide bonds. The normalized spacial score (nSPS) is 11.5. The Balaban J connectivity index is 2.06.